The van der Waals surface area contributed by atoms with Crippen LogP contribution in [0.5, 0.6) is 0 Å². The first-order chi connectivity index (χ1) is 7.68. The summed E-state index contributed by atoms with van der Waals surface area (Å²) in [6, 6.07) is 2.20. The van der Waals surface area contributed by atoms with E-state index in [1.807, 2.05) is 4.90 Å². The van der Waals surface area contributed by atoms with E-state index < -0.39 is 0 Å². The van der Waals surface area contributed by atoms with Gasteiger partial charge < -0.3 is 9.32 Å². The normalized spacial score (nSPS) is 18.1. The molecule has 0 aromatic carbocycles. The van der Waals surface area contributed by atoms with Crippen molar-refractivity contribution in [1.29, 1.82) is 0 Å². The Kier molecular flexibility index (Phi) is 3.29. The minimum Gasteiger partial charge on any atom is -0.472 e. The van der Waals surface area contributed by atoms with Crippen LogP contribution in [0.3, 0.4) is 0 Å². The number of carbonyl (C=O) groups is 1. The van der Waals surface area contributed by atoms with E-state index in [2.05, 4.69) is 18.7 Å². The lowest BCUT2D eigenvalue weighted by Crippen LogP contribution is -2.49. The molecule has 1 aromatic rings. The van der Waals surface area contributed by atoms with Gasteiger partial charge in [0, 0.05) is 19.1 Å². The van der Waals surface area contributed by atoms with E-state index >= 15 is 0 Å². The van der Waals surface area contributed by atoms with Crippen molar-refractivity contribution in [2.75, 3.05) is 19.8 Å². The lowest BCUT2D eigenvalue weighted by atomic mass is 10.2. The summed E-state index contributed by atoms with van der Waals surface area (Å²) in [7, 11) is 0. The second-order valence-corrected chi connectivity index (χ2v) is 4.48. The summed E-state index contributed by atoms with van der Waals surface area (Å²) in [4.78, 5) is 16.3. The first kappa shape index (κ1) is 11.2. The molecule has 16 heavy (non-hydrogen) atoms. The number of nitrogens with zero attached hydrogens (tertiary/aromatic N) is 2. The van der Waals surface area contributed by atoms with E-state index in [-0.39, 0.29) is 5.91 Å². The Hall–Kier alpha value is -1.29. The predicted molar refractivity (Wildman–Crippen MR) is 61.1 cm³/mol. The van der Waals surface area contributed by atoms with Crippen LogP contribution in [-0.2, 0) is 0 Å². The third kappa shape index (κ3) is 2.27. The molecule has 4 heteroatoms. The third-order valence-corrected chi connectivity index (χ3v) is 3.01. The van der Waals surface area contributed by atoms with Gasteiger partial charge in [-0.25, -0.2) is 0 Å². The third-order valence-electron chi connectivity index (χ3n) is 3.01. The maximum absolute atomic E-state index is 12.1. The highest BCUT2D eigenvalue weighted by Crippen LogP contribution is 2.13. The SMILES string of the molecule is CC(C)N1CCCN(C(=O)c2ccoc2)C1. The summed E-state index contributed by atoms with van der Waals surface area (Å²) in [5.74, 6) is 0.0686. The molecule has 1 aliphatic heterocycles. The number of carbonyl (C=O) groups excluding carboxylic acids is 1. The lowest BCUT2D eigenvalue weighted by Gasteiger charge is -2.37. The first-order valence-corrected chi connectivity index (χ1v) is 5.74. The molecule has 0 bridgehead atoms. The monoisotopic (exact) mass is 222 g/mol. The van der Waals surface area contributed by atoms with Crippen LogP contribution >= 0.6 is 0 Å². The van der Waals surface area contributed by atoms with Crippen LogP contribution in [0.4, 0.5) is 0 Å². The summed E-state index contributed by atoms with van der Waals surface area (Å²) in [6.45, 7) is 6.96. The summed E-state index contributed by atoms with van der Waals surface area (Å²) >= 11 is 0. The zero-order chi connectivity index (χ0) is 11.5. The van der Waals surface area contributed by atoms with Gasteiger partial charge in [-0.05, 0) is 26.3 Å². The molecule has 0 atom stereocenters. The van der Waals surface area contributed by atoms with Crippen molar-refractivity contribution in [1.82, 2.24) is 9.80 Å². The van der Waals surface area contributed by atoms with E-state index in [9.17, 15) is 4.79 Å². The van der Waals surface area contributed by atoms with E-state index in [0.29, 0.717) is 11.6 Å². The molecule has 1 saturated heterocycles. The van der Waals surface area contributed by atoms with E-state index in [4.69, 9.17) is 4.42 Å². The molecule has 2 rings (SSSR count). The van der Waals surface area contributed by atoms with Gasteiger partial charge in [0.05, 0.1) is 18.5 Å². The van der Waals surface area contributed by atoms with Crippen LogP contribution in [0.15, 0.2) is 23.0 Å². The van der Waals surface area contributed by atoms with Gasteiger partial charge in [-0.15, -0.1) is 0 Å². The van der Waals surface area contributed by atoms with Crippen molar-refractivity contribution < 1.29 is 9.21 Å². The van der Waals surface area contributed by atoms with Crippen molar-refractivity contribution in [3.05, 3.63) is 24.2 Å². The molecule has 1 aromatic heterocycles. The van der Waals surface area contributed by atoms with Gasteiger partial charge >= 0.3 is 0 Å². The zero-order valence-corrected chi connectivity index (χ0v) is 9.85. The average molecular weight is 222 g/mol. The van der Waals surface area contributed by atoms with Gasteiger partial charge in [-0.1, -0.05) is 0 Å². The fourth-order valence-corrected chi connectivity index (χ4v) is 1.98. The summed E-state index contributed by atoms with van der Waals surface area (Å²) in [5.41, 5.74) is 0.644. The van der Waals surface area contributed by atoms with E-state index in [1.54, 1.807) is 6.07 Å². The van der Waals surface area contributed by atoms with Crippen LogP contribution in [-0.4, -0.2) is 41.5 Å². The molecule has 88 valence electrons. The zero-order valence-electron chi connectivity index (χ0n) is 9.85. The molecule has 1 fully saturated rings. The average Bonchev–Trinajstić information content (AvgIpc) is 2.81. The highest BCUT2D eigenvalue weighted by molar-refractivity contribution is 5.93. The van der Waals surface area contributed by atoms with E-state index in [1.165, 1.54) is 12.5 Å². The van der Waals surface area contributed by atoms with Gasteiger partial charge in [0.1, 0.15) is 6.26 Å². The van der Waals surface area contributed by atoms with Crippen LogP contribution < -0.4 is 0 Å². The Morgan fingerprint density at radius 2 is 2.25 bits per heavy atom. The maximum Gasteiger partial charge on any atom is 0.258 e. The fraction of sp³-hybridized carbons (Fsp3) is 0.583. The number of amides is 1. The molecule has 1 amide bonds. The molecule has 1 aliphatic rings. The van der Waals surface area contributed by atoms with Crippen molar-refractivity contribution in [3.8, 4) is 0 Å². The molecule has 0 saturated carbocycles. The molecular formula is C12H18N2O2. The molecule has 2 heterocycles. The van der Waals surface area contributed by atoms with Crippen molar-refractivity contribution in [2.24, 2.45) is 0 Å². The second-order valence-electron chi connectivity index (χ2n) is 4.48. The van der Waals surface area contributed by atoms with Gasteiger partial charge in [0.15, 0.2) is 0 Å². The van der Waals surface area contributed by atoms with Gasteiger partial charge in [0.2, 0.25) is 0 Å². The van der Waals surface area contributed by atoms with E-state index in [0.717, 1.165) is 26.2 Å². The molecule has 0 radical (unpaired) electrons. The van der Waals surface area contributed by atoms with Crippen LogP contribution in [0, 0.1) is 0 Å². The number of hydrogen-bond donors (Lipinski definition) is 0. The minimum atomic E-state index is 0.0686. The van der Waals surface area contributed by atoms with Gasteiger partial charge in [-0.2, -0.15) is 0 Å². The van der Waals surface area contributed by atoms with Gasteiger partial charge in [0.25, 0.3) is 5.91 Å². The van der Waals surface area contributed by atoms with Gasteiger partial charge in [-0.3, -0.25) is 9.69 Å². The smallest absolute Gasteiger partial charge is 0.258 e. The highest BCUT2D eigenvalue weighted by atomic mass is 16.3. The Morgan fingerprint density at radius 1 is 1.44 bits per heavy atom. The predicted octanol–water partition coefficient (Wildman–Crippen LogP) is 1.79. The molecular weight excluding hydrogens is 204 g/mol. The van der Waals surface area contributed by atoms with Crippen molar-refractivity contribution >= 4 is 5.91 Å². The molecule has 0 N–H and O–H groups in total. The standard InChI is InChI=1S/C12H18N2O2/c1-10(2)13-5-3-6-14(9-13)12(15)11-4-7-16-8-11/h4,7-8,10H,3,5-6,9H2,1-2H3. The Morgan fingerprint density at radius 3 is 2.88 bits per heavy atom. The Balaban J connectivity index is 2.02. The first-order valence-electron chi connectivity index (χ1n) is 5.74. The highest BCUT2D eigenvalue weighted by Gasteiger charge is 2.24. The van der Waals surface area contributed by atoms with Crippen molar-refractivity contribution in [3.63, 3.8) is 0 Å². The molecule has 4 nitrogen and oxygen atoms in total. The Labute approximate surface area is 95.8 Å². The van der Waals surface area contributed by atoms with Crippen LogP contribution in [0.1, 0.15) is 30.6 Å². The second kappa shape index (κ2) is 4.70. The lowest BCUT2D eigenvalue weighted by molar-refractivity contribution is 0.0418. The fourth-order valence-electron chi connectivity index (χ4n) is 1.98. The number of furan rings is 1. The largest absolute Gasteiger partial charge is 0.472 e. The topological polar surface area (TPSA) is 36.7 Å². The quantitative estimate of drug-likeness (QED) is 0.765. The number of rotatable bonds is 2. The summed E-state index contributed by atoms with van der Waals surface area (Å²) < 4.78 is 4.94. The summed E-state index contributed by atoms with van der Waals surface area (Å²) in [5, 5.41) is 0. The minimum absolute atomic E-state index is 0.0686. The maximum atomic E-state index is 12.1. The van der Waals surface area contributed by atoms with Crippen LogP contribution in [0.25, 0.3) is 0 Å². The van der Waals surface area contributed by atoms with Crippen molar-refractivity contribution in [2.45, 2.75) is 26.3 Å². The Bertz CT molecular complexity index is 346. The van der Waals surface area contributed by atoms with Crippen LogP contribution in [0.2, 0.25) is 0 Å². The molecule has 0 aliphatic carbocycles. The number of hydrogen-bond acceptors (Lipinski definition) is 3. The molecule has 0 unspecified atom stereocenters. The molecule has 0 spiro atoms. The summed E-state index contributed by atoms with van der Waals surface area (Å²) in [6.07, 6.45) is 4.09.